The SMILES string of the molecule is CC(=O)c1cc(C#N)c2nc(=O)c3ccccc3n2n1. The summed E-state index contributed by atoms with van der Waals surface area (Å²) >= 11 is 0. The molecule has 0 saturated heterocycles. The van der Waals surface area contributed by atoms with Gasteiger partial charge in [0, 0.05) is 6.92 Å². The fourth-order valence-corrected chi connectivity index (χ4v) is 2.02. The molecule has 0 aliphatic carbocycles. The molecule has 0 amide bonds. The fourth-order valence-electron chi connectivity index (χ4n) is 2.02. The van der Waals surface area contributed by atoms with Crippen molar-refractivity contribution in [1.29, 1.82) is 5.26 Å². The van der Waals surface area contributed by atoms with Gasteiger partial charge < -0.3 is 0 Å². The van der Waals surface area contributed by atoms with Gasteiger partial charge in [0.25, 0.3) is 5.56 Å². The molecule has 1 aromatic carbocycles. The van der Waals surface area contributed by atoms with Crippen LogP contribution in [0.1, 0.15) is 23.0 Å². The van der Waals surface area contributed by atoms with E-state index in [-0.39, 0.29) is 22.7 Å². The first-order valence-corrected chi connectivity index (χ1v) is 5.85. The number of rotatable bonds is 1. The molecule has 0 unspecified atom stereocenters. The quantitative estimate of drug-likeness (QED) is 0.488. The molecule has 0 spiro atoms. The zero-order valence-electron chi connectivity index (χ0n) is 10.5. The Morgan fingerprint density at radius 1 is 1.35 bits per heavy atom. The Morgan fingerprint density at radius 3 is 2.80 bits per heavy atom. The molecule has 0 atom stereocenters. The molecular weight excluding hydrogens is 256 g/mol. The predicted octanol–water partition coefficient (Wildman–Crippen LogP) is 1.32. The molecule has 0 aliphatic rings. The lowest BCUT2D eigenvalue weighted by Crippen LogP contribution is -2.15. The summed E-state index contributed by atoms with van der Waals surface area (Å²) in [4.78, 5) is 27.3. The molecule has 0 N–H and O–H groups in total. The minimum atomic E-state index is -0.422. The van der Waals surface area contributed by atoms with E-state index in [1.807, 2.05) is 6.07 Å². The van der Waals surface area contributed by atoms with Crippen LogP contribution in [0.4, 0.5) is 0 Å². The molecule has 0 aliphatic heterocycles. The Labute approximate surface area is 112 Å². The van der Waals surface area contributed by atoms with Crippen molar-refractivity contribution in [2.24, 2.45) is 0 Å². The minimum Gasteiger partial charge on any atom is -0.293 e. The van der Waals surface area contributed by atoms with E-state index in [0.29, 0.717) is 10.9 Å². The molecule has 2 aromatic heterocycles. The Kier molecular flexibility index (Phi) is 2.54. The Hall–Kier alpha value is -3.07. The number of nitriles is 1. The second-order valence-corrected chi connectivity index (χ2v) is 4.28. The highest BCUT2D eigenvalue weighted by Crippen LogP contribution is 2.14. The number of aromatic nitrogens is 3. The van der Waals surface area contributed by atoms with Crippen molar-refractivity contribution < 1.29 is 4.79 Å². The lowest BCUT2D eigenvalue weighted by atomic mass is 10.2. The molecule has 0 saturated carbocycles. The molecule has 3 aromatic rings. The summed E-state index contributed by atoms with van der Waals surface area (Å²) in [5.74, 6) is -0.258. The van der Waals surface area contributed by atoms with Crippen LogP contribution in [0, 0.1) is 11.3 Å². The van der Waals surface area contributed by atoms with Crippen molar-refractivity contribution in [3.05, 3.63) is 51.9 Å². The minimum absolute atomic E-state index is 0.146. The van der Waals surface area contributed by atoms with E-state index in [0.717, 1.165) is 0 Å². The molecule has 96 valence electrons. The summed E-state index contributed by atoms with van der Waals surface area (Å²) in [6.07, 6.45) is 0. The zero-order chi connectivity index (χ0) is 14.3. The third-order valence-electron chi connectivity index (χ3n) is 2.98. The number of nitrogens with zero attached hydrogens (tertiary/aromatic N) is 4. The van der Waals surface area contributed by atoms with Crippen LogP contribution in [-0.2, 0) is 0 Å². The number of benzene rings is 1. The lowest BCUT2D eigenvalue weighted by molar-refractivity contribution is 0.101. The average Bonchev–Trinajstić information content (AvgIpc) is 2.46. The van der Waals surface area contributed by atoms with Crippen LogP contribution < -0.4 is 5.56 Å². The predicted molar refractivity (Wildman–Crippen MR) is 71.5 cm³/mol. The first-order valence-electron chi connectivity index (χ1n) is 5.85. The smallest absolute Gasteiger partial charge is 0.281 e. The second kappa shape index (κ2) is 4.24. The van der Waals surface area contributed by atoms with Crippen LogP contribution in [0.15, 0.2) is 35.1 Å². The van der Waals surface area contributed by atoms with Gasteiger partial charge in [0.15, 0.2) is 11.4 Å². The van der Waals surface area contributed by atoms with E-state index < -0.39 is 5.56 Å². The molecule has 20 heavy (non-hydrogen) atoms. The van der Waals surface area contributed by atoms with Crippen molar-refractivity contribution >= 4 is 22.3 Å². The topological polar surface area (TPSA) is 88.1 Å². The van der Waals surface area contributed by atoms with Gasteiger partial charge in [0.2, 0.25) is 0 Å². The Balaban J connectivity index is 2.62. The standard InChI is InChI=1S/C14H8N4O2/c1-8(19)11-6-9(7-15)13-16-14(20)10-4-2-3-5-12(10)18(13)17-11/h2-6H,1H3. The lowest BCUT2D eigenvalue weighted by Gasteiger charge is -2.07. The molecule has 0 fully saturated rings. The highest BCUT2D eigenvalue weighted by Gasteiger charge is 2.13. The fraction of sp³-hybridized carbons (Fsp3) is 0.0714. The molecule has 6 heteroatoms. The normalized spacial score (nSPS) is 10.6. The number of ketones is 1. The highest BCUT2D eigenvalue weighted by atomic mass is 16.1. The van der Waals surface area contributed by atoms with Crippen molar-refractivity contribution in [3.8, 4) is 6.07 Å². The number of hydrogen-bond acceptors (Lipinski definition) is 5. The first kappa shape index (κ1) is 12.0. The number of Topliss-reactive ketones (excluding diaryl/α,β-unsaturated/α-hetero) is 1. The van der Waals surface area contributed by atoms with Crippen LogP contribution in [0.3, 0.4) is 0 Å². The summed E-state index contributed by atoms with van der Waals surface area (Å²) in [7, 11) is 0. The van der Waals surface area contributed by atoms with Crippen LogP contribution in [0.25, 0.3) is 16.6 Å². The van der Waals surface area contributed by atoms with E-state index in [2.05, 4.69) is 10.1 Å². The molecule has 3 rings (SSSR count). The van der Waals surface area contributed by atoms with Gasteiger partial charge in [0.05, 0.1) is 16.5 Å². The van der Waals surface area contributed by atoms with Gasteiger partial charge in [-0.15, -0.1) is 0 Å². The number of hydrogen-bond donors (Lipinski definition) is 0. The number of carbonyl (C=O) groups is 1. The van der Waals surface area contributed by atoms with Crippen molar-refractivity contribution in [2.45, 2.75) is 6.92 Å². The number of fused-ring (bicyclic) bond motifs is 3. The molecule has 0 bridgehead atoms. The Morgan fingerprint density at radius 2 is 2.10 bits per heavy atom. The monoisotopic (exact) mass is 264 g/mol. The maximum absolute atomic E-state index is 12.0. The van der Waals surface area contributed by atoms with E-state index in [9.17, 15) is 9.59 Å². The maximum Gasteiger partial charge on any atom is 0.281 e. The van der Waals surface area contributed by atoms with Crippen molar-refractivity contribution in [2.75, 3.05) is 0 Å². The van der Waals surface area contributed by atoms with Crippen LogP contribution in [0.2, 0.25) is 0 Å². The van der Waals surface area contributed by atoms with Crippen LogP contribution in [0.5, 0.6) is 0 Å². The summed E-state index contributed by atoms with van der Waals surface area (Å²) < 4.78 is 1.37. The van der Waals surface area contributed by atoms with Crippen LogP contribution >= 0.6 is 0 Å². The van der Waals surface area contributed by atoms with Crippen molar-refractivity contribution in [1.82, 2.24) is 14.6 Å². The van der Waals surface area contributed by atoms with Gasteiger partial charge in [-0.25, -0.2) is 4.52 Å². The first-order chi connectivity index (χ1) is 9.61. The van der Waals surface area contributed by atoms with Gasteiger partial charge >= 0.3 is 0 Å². The molecular formula is C14H8N4O2. The van der Waals surface area contributed by atoms with Gasteiger partial charge in [-0.2, -0.15) is 15.3 Å². The summed E-state index contributed by atoms with van der Waals surface area (Å²) in [6, 6.07) is 10.1. The molecule has 6 nitrogen and oxygen atoms in total. The van der Waals surface area contributed by atoms with E-state index in [1.54, 1.807) is 24.3 Å². The largest absolute Gasteiger partial charge is 0.293 e. The zero-order valence-corrected chi connectivity index (χ0v) is 10.5. The Bertz CT molecular complexity index is 966. The van der Waals surface area contributed by atoms with Crippen molar-refractivity contribution in [3.63, 3.8) is 0 Å². The third kappa shape index (κ3) is 1.65. The molecule has 2 heterocycles. The summed E-state index contributed by atoms with van der Waals surface area (Å²) in [6.45, 7) is 1.37. The van der Waals surface area contributed by atoms with Gasteiger partial charge in [0.1, 0.15) is 11.8 Å². The maximum atomic E-state index is 12.0. The van der Waals surface area contributed by atoms with Gasteiger partial charge in [-0.05, 0) is 18.2 Å². The summed E-state index contributed by atoms with van der Waals surface area (Å²) in [5.41, 5.74) is 0.551. The molecule has 0 radical (unpaired) electrons. The second-order valence-electron chi connectivity index (χ2n) is 4.28. The highest BCUT2D eigenvalue weighted by molar-refractivity contribution is 5.93. The summed E-state index contributed by atoms with van der Waals surface area (Å²) in [5, 5.41) is 13.7. The van der Waals surface area contributed by atoms with Gasteiger partial charge in [-0.3, -0.25) is 9.59 Å². The van der Waals surface area contributed by atoms with Gasteiger partial charge in [-0.1, -0.05) is 12.1 Å². The third-order valence-corrected chi connectivity index (χ3v) is 2.98. The van der Waals surface area contributed by atoms with E-state index in [4.69, 9.17) is 5.26 Å². The van der Waals surface area contributed by atoms with E-state index in [1.165, 1.54) is 17.5 Å². The average molecular weight is 264 g/mol. The number of para-hydroxylation sites is 1. The number of carbonyl (C=O) groups excluding carboxylic acids is 1. The van der Waals surface area contributed by atoms with E-state index >= 15 is 0 Å². The van der Waals surface area contributed by atoms with Crippen LogP contribution in [-0.4, -0.2) is 20.4 Å².